The number of fused-ring (bicyclic) bond motifs is 1. The Labute approximate surface area is 237 Å². The number of aromatic nitrogens is 2. The van der Waals surface area contributed by atoms with E-state index in [1.54, 1.807) is 73.1 Å². The molecule has 1 fully saturated rings. The maximum Gasteiger partial charge on any atom is 0.300 e. The van der Waals surface area contributed by atoms with Crippen molar-refractivity contribution >= 4 is 34.2 Å². The summed E-state index contributed by atoms with van der Waals surface area (Å²) < 4.78 is 17.0. The minimum Gasteiger partial charge on any atom is -0.494 e. The molecule has 1 unspecified atom stereocenters. The van der Waals surface area contributed by atoms with Crippen molar-refractivity contribution in [1.82, 2.24) is 14.9 Å². The molecule has 1 aliphatic rings. The lowest BCUT2D eigenvalue weighted by atomic mass is 10.1. The molecular weight excluding hydrogens is 522 g/mol. The van der Waals surface area contributed by atoms with Crippen LogP contribution in [0.4, 0.5) is 11.5 Å². The average Bonchev–Trinajstić information content (AvgIpc) is 3.01. The second-order valence-electron chi connectivity index (χ2n) is 9.22. The molecule has 0 saturated carbocycles. The number of ether oxygens (including phenoxy) is 3. The number of rotatable bonds is 7. The Balaban J connectivity index is 1.32. The van der Waals surface area contributed by atoms with Gasteiger partial charge in [0, 0.05) is 42.5 Å². The van der Waals surface area contributed by atoms with Crippen molar-refractivity contribution in [2.45, 2.75) is 13.0 Å². The molecule has 2 aromatic heterocycles. The van der Waals surface area contributed by atoms with Crippen LogP contribution in [0, 0.1) is 11.8 Å². The van der Waals surface area contributed by atoms with Crippen LogP contribution in [0.15, 0.2) is 73.1 Å². The van der Waals surface area contributed by atoms with Crippen molar-refractivity contribution in [3.05, 3.63) is 78.6 Å². The van der Waals surface area contributed by atoms with E-state index in [1.807, 2.05) is 6.92 Å². The Morgan fingerprint density at radius 1 is 0.976 bits per heavy atom. The van der Waals surface area contributed by atoms with Crippen molar-refractivity contribution in [2.75, 3.05) is 44.0 Å². The lowest BCUT2D eigenvalue weighted by Gasteiger charge is -2.29. The highest BCUT2D eigenvalue weighted by Crippen LogP contribution is 2.35. The number of morpholine rings is 1. The highest BCUT2D eigenvalue weighted by Gasteiger charge is 2.16. The monoisotopic (exact) mass is 551 g/mol. The van der Waals surface area contributed by atoms with Crippen LogP contribution in [0.1, 0.15) is 17.3 Å². The zero-order chi connectivity index (χ0) is 28.6. The first-order valence-corrected chi connectivity index (χ1v) is 13.1. The number of amides is 2. The third-order valence-electron chi connectivity index (χ3n) is 6.51. The molecule has 2 amide bonds. The third kappa shape index (κ3) is 6.97. The molecule has 1 atom stereocenters. The minimum absolute atomic E-state index is 0.0696. The van der Waals surface area contributed by atoms with Gasteiger partial charge in [-0.15, -0.1) is 0 Å². The normalized spacial score (nSPS) is 13.9. The van der Waals surface area contributed by atoms with Gasteiger partial charge in [-0.3, -0.25) is 19.5 Å². The van der Waals surface area contributed by atoms with E-state index in [-0.39, 0.29) is 11.9 Å². The summed E-state index contributed by atoms with van der Waals surface area (Å²) in [7, 11) is 1.52. The Kier molecular flexibility index (Phi) is 8.69. The molecule has 10 heteroatoms. The smallest absolute Gasteiger partial charge is 0.300 e. The Hall–Kier alpha value is -4.98. The quantitative estimate of drug-likeness (QED) is 0.326. The van der Waals surface area contributed by atoms with Gasteiger partial charge in [0.05, 0.1) is 37.6 Å². The highest BCUT2D eigenvalue weighted by atomic mass is 16.5. The van der Waals surface area contributed by atoms with Crippen LogP contribution >= 0.6 is 0 Å². The van der Waals surface area contributed by atoms with Crippen molar-refractivity contribution in [3.8, 4) is 29.1 Å². The van der Waals surface area contributed by atoms with Gasteiger partial charge in [-0.2, -0.15) is 0 Å². The second kappa shape index (κ2) is 12.9. The number of hydrogen-bond donors (Lipinski definition) is 2. The molecule has 5 rings (SSSR count). The Morgan fingerprint density at radius 2 is 1.78 bits per heavy atom. The number of benzene rings is 2. The van der Waals surface area contributed by atoms with Crippen LogP contribution in [0.5, 0.6) is 17.2 Å². The number of pyridine rings is 2. The average molecular weight is 552 g/mol. The molecule has 0 aliphatic carbocycles. The third-order valence-corrected chi connectivity index (χ3v) is 6.51. The largest absolute Gasteiger partial charge is 0.494 e. The van der Waals surface area contributed by atoms with E-state index in [1.165, 1.54) is 7.11 Å². The van der Waals surface area contributed by atoms with Crippen LogP contribution in [-0.4, -0.2) is 66.1 Å². The van der Waals surface area contributed by atoms with Crippen LogP contribution < -0.4 is 20.1 Å². The number of methoxy groups -OCH3 is 1. The zero-order valence-electron chi connectivity index (χ0n) is 22.7. The van der Waals surface area contributed by atoms with E-state index in [2.05, 4.69) is 37.3 Å². The van der Waals surface area contributed by atoms with Gasteiger partial charge >= 0.3 is 0 Å². The predicted molar refractivity (Wildman–Crippen MR) is 155 cm³/mol. The first kappa shape index (κ1) is 27.6. The van der Waals surface area contributed by atoms with Gasteiger partial charge in [0.25, 0.3) is 11.8 Å². The second-order valence-corrected chi connectivity index (χ2v) is 9.22. The van der Waals surface area contributed by atoms with Crippen LogP contribution in [0.3, 0.4) is 0 Å². The summed E-state index contributed by atoms with van der Waals surface area (Å²) >= 11 is 0. The summed E-state index contributed by atoms with van der Waals surface area (Å²) in [5.41, 5.74) is 1.52. The minimum atomic E-state index is -0.450. The SMILES string of the molecule is COc1cc2nccc(Oc3ccc(C(=O)Nc4ccccn4)cc3)c2cc1NC(=O)C#CC(C)N1CCOCC1. The van der Waals surface area contributed by atoms with E-state index in [9.17, 15) is 9.59 Å². The number of hydrogen-bond acceptors (Lipinski definition) is 8. The lowest BCUT2D eigenvalue weighted by Crippen LogP contribution is -2.41. The molecule has 4 aromatic rings. The molecule has 208 valence electrons. The number of anilines is 2. The van der Waals surface area contributed by atoms with Gasteiger partial charge in [0.15, 0.2) is 0 Å². The Bertz CT molecular complexity index is 1590. The van der Waals surface area contributed by atoms with Crippen LogP contribution in [0.25, 0.3) is 10.9 Å². The summed E-state index contributed by atoms with van der Waals surface area (Å²) in [6, 6.07) is 17.2. The van der Waals surface area contributed by atoms with Crippen LogP contribution in [-0.2, 0) is 9.53 Å². The Morgan fingerprint density at radius 3 is 2.51 bits per heavy atom. The highest BCUT2D eigenvalue weighted by molar-refractivity contribution is 6.06. The lowest BCUT2D eigenvalue weighted by molar-refractivity contribution is -0.111. The van der Waals surface area contributed by atoms with E-state index in [4.69, 9.17) is 14.2 Å². The van der Waals surface area contributed by atoms with Crippen molar-refractivity contribution in [3.63, 3.8) is 0 Å². The molecule has 2 N–H and O–H groups in total. The number of carbonyl (C=O) groups excluding carboxylic acids is 2. The first-order chi connectivity index (χ1) is 20.0. The van der Waals surface area contributed by atoms with Gasteiger partial charge in [0.1, 0.15) is 23.1 Å². The topological polar surface area (TPSA) is 115 Å². The van der Waals surface area contributed by atoms with Gasteiger partial charge < -0.3 is 24.8 Å². The summed E-state index contributed by atoms with van der Waals surface area (Å²) in [6.07, 6.45) is 3.24. The predicted octanol–water partition coefficient (Wildman–Crippen LogP) is 4.35. The molecule has 0 bridgehead atoms. The molecule has 41 heavy (non-hydrogen) atoms. The van der Waals surface area contributed by atoms with E-state index in [0.29, 0.717) is 58.4 Å². The zero-order valence-corrected chi connectivity index (χ0v) is 22.7. The van der Waals surface area contributed by atoms with Crippen molar-refractivity contribution in [2.24, 2.45) is 0 Å². The van der Waals surface area contributed by atoms with E-state index < -0.39 is 5.91 Å². The molecule has 10 nitrogen and oxygen atoms in total. The van der Waals surface area contributed by atoms with Gasteiger partial charge in [-0.05, 0) is 61.4 Å². The van der Waals surface area contributed by atoms with Crippen LogP contribution in [0.2, 0.25) is 0 Å². The van der Waals surface area contributed by atoms with Gasteiger partial charge in [0.2, 0.25) is 0 Å². The molecule has 0 radical (unpaired) electrons. The summed E-state index contributed by atoms with van der Waals surface area (Å²) in [5, 5.41) is 6.24. The van der Waals surface area contributed by atoms with Crippen molar-refractivity contribution < 1.29 is 23.8 Å². The maximum atomic E-state index is 12.7. The molecule has 1 aliphatic heterocycles. The molecule has 1 saturated heterocycles. The fraction of sp³-hybridized carbons (Fsp3) is 0.226. The van der Waals surface area contributed by atoms with E-state index in [0.717, 1.165) is 13.1 Å². The van der Waals surface area contributed by atoms with Gasteiger partial charge in [-0.1, -0.05) is 12.0 Å². The summed E-state index contributed by atoms with van der Waals surface area (Å²) in [4.78, 5) is 36.0. The standard InChI is InChI=1S/C31H29N5O5/c1-21(36-15-17-40-18-16-36)6-11-30(37)34-26-19-24-25(20-28(26)39-2)32-14-12-27(24)41-23-9-7-22(8-10-23)31(38)35-29-5-3-4-13-33-29/h3-5,7-10,12-14,19-21H,15-18H2,1-2H3,(H,34,37)(H,33,35,38). The maximum absolute atomic E-state index is 12.7. The fourth-order valence-electron chi connectivity index (χ4n) is 4.31. The first-order valence-electron chi connectivity index (χ1n) is 13.1. The van der Waals surface area contributed by atoms with Gasteiger partial charge in [-0.25, -0.2) is 4.98 Å². The summed E-state index contributed by atoms with van der Waals surface area (Å²) in [5.74, 6) is 6.94. The summed E-state index contributed by atoms with van der Waals surface area (Å²) in [6.45, 7) is 4.86. The number of carbonyl (C=O) groups is 2. The van der Waals surface area contributed by atoms with Crippen molar-refractivity contribution in [1.29, 1.82) is 0 Å². The molecular formula is C31H29N5O5. The molecule has 0 spiro atoms. The molecule has 2 aromatic carbocycles. The number of nitrogens with one attached hydrogen (secondary N) is 2. The molecule has 3 heterocycles. The number of nitrogens with zero attached hydrogens (tertiary/aromatic N) is 3. The van der Waals surface area contributed by atoms with E-state index >= 15 is 0 Å². The fourth-order valence-corrected chi connectivity index (χ4v) is 4.31.